The lowest BCUT2D eigenvalue weighted by atomic mass is 10.2. The monoisotopic (exact) mass is 241 g/mol. The van der Waals surface area contributed by atoms with Crippen LogP contribution in [0.5, 0.6) is 0 Å². The Hall–Kier alpha value is -0.810. The van der Waals surface area contributed by atoms with Crippen molar-refractivity contribution < 1.29 is 5.11 Å². The number of nitrogens with zero attached hydrogens (tertiary/aromatic N) is 2. The number of anilines is 1. The summed E-state index contributed by atoms with van der Waals surface area (Å²) in [5, 5.41) is 13.2. The molecule has 0 aromatic carbocycles. The van der Waals surface area contributed by atoms with Crippen molar-refractivity contribution in [2.75, 3.05) is 24.2 Å². The standard InChI is InChI=1S/C11H19N3OS/c1-4-12-10-9(3)11(14-7-13-10)16-6-8(2)5-15/h7-8,15H,4-6H2,1-3H3,(H,12,13,14). The summed E-state index contributed by atoms with van der Waals surface area (Å²) in [7, 11) is 0. The second-order valence-electron chi connectivity index (χ2n) is 3.78. The molecule has 1 unspecified atom stereocenters. The quantitative estimate of drug-likeness (QED) is 0.589. The van der Waals surface area contributed by atoms with Crippen LogP contribution in [0.4, 0.5) is 5.82 Å². The Balaban J connectivity index is 2.69. The molecule has 0 saturated heterocycles. The summed E-state index contributed by atoms with van der Waals surface area (Å²) < 4.78 is 0. The lowest BCUT2D eigenvalue weighted by molar-refractivity contribution is 0.250. The van der Waals surface area contributed by atoms with Crippen LogP contribution in [-0.4, -0.2) is 34.0 Å². The van der Waals surface area contributed by atoms with Crippen LogP contribution in [0.1, 0.15) is 19.4 Å². The van der Waals surface area contributed by atoms with Gasteiger partial charge in [0.2, 0.25) is 0 Å². The van der Waals surface area contributed by atoms with Gasteiger partial charge in [0.25, 0.3) is 0 Å². The zero-order valence-corrected chi connectivity index (χ0v) is 10.8. The zero-order valence-electron chi connectivity index (χ0n) is 10.0. The third-order valence-corrected chi connectivity index (χ3v) is 3.62. The topological polar surface area (TPSA) is 58.0 Å². The molecule has 0 aliphatic carbocycles. The number of aromatic nitrogens is 2. The van der Waals surface area contributed by atoms with E-state index in [4.69, 9.17) is 5.11 Å². The van der Waals surface area contributed by atoms with Gasteiger partial charge in [-0.1, -0.05) is 6.92 Å². The molecule has 1 heterocycles. The molecule has 0 bridgehead atoms. The molecule has 0 fully saturated rings. The predicted octanol–water partition coefficient (Wildman–Crippen LogP) is 1.94. The largest absolute Gasteiger partial charge is 0.396 e. The highest BCUT2D eigenvalue weighted by atomic mass is 32.2. The van der Waals surface area contributed by atoms with Crippen molar-refractivity contribution in [3.63, 3.8) is 0 Å². The smallest absolute Gasteiger partial charge is 0.133 e. The number of hydrogen-bond acceptors (Lipinski definition) is 5. The minimum atomic E-state index is 0.219. The Morgan fingerprint density at radius 2 is 2.25 bits per heavy atom. The number of aliphatic hydroxyl groups excluding tert-OH is 1. The molecular formula is C11H19N3OS. The van der Waals surface area contributed by atoms with E-state index in [0.29, 0.717) is 5.92 Å². The van der Waals surface area contributed by atoms with Crippen molar-refractivity contribution in [1.29, 1.82) is 0 Å². The van der Waals surface area contributed by atoms with E-state index < -0.39 is 0 Å². The molecule has 2 N–H and O–H groups in total. The molecule has 0 saturated carbocycles. The van der Waals surface area contributed by atoms with Crippen molar-refractivity contribution in [1.82, 2.24) is 9.97 Å². The van der Waals surface area contributed by atoms with Crippen LogP contribution >= 0.6 is 11.8 Å². The molecule has 16 heavy (non-hydrogen) atoms. The summed E-state index contributed by atoms with van der Waals surface area (Å²) in [5.41, 5.74) is 1.08. The summed E-state index contributed by atoms with van der Waals surface area (Å²) in [6, 6.07) is 0. The van der Waals surface area contributed by atoms with Gasteiger partial charge in [-0.2, -0.15) is 0 Å². The van der Waals surface area contributed by atoms with E-state index in [-0.39, 0.29) is 6.61 Å². The van der Waals surface area contributed by atoms with Crippen LogP contribution in [0.3, 0.4) is 0 Å². The summed E-state index contributed by atoms with van der Waals surface area (Å²) >= 11 is 1.67. The minimum absolute atomic E-state index is 0.219. The fourth-order valence-corrected chi connectivity index (χ4v) is 2.18. The molecule has 4 nitrogen and oxygen atoms in total. The Kier molecular flexibility index (Phi) is 5.55. The predicted molar refractivity (Wildman–Crippen MR) is 67.9 cm³/mol. The van der Waals surface area contributed by atoms with Crippen molar-refractivity contribution in [3.8, 4) is 0 Å². The average Bonchev–Trinajstić information content (AvgIpc) is 2.30. The van der Waals surface area contributed by atoms with Gasteiger partial charge in [-0.3, -0.25) is 0 Å². The molecule has 1 aromatic rings. The summed E-state index contributed by atoms with van der Waals surface area (Å²) in [4.78, 5) is 8.45. The van der Waals surface area contributed by atoms with Crippen LogP contribution in [0.25, 0.3) is 0 Å². The van der Waals surface area contributed by atoms with Crippen LogP contribution in [0, 0.1) is 12.8 Å². The number of rotatable bonds is 6. The van der Waals surface area contributed by atoms with Crippen LogP contribution in [0.2, 0.25) is 0 Å². The Labute approximate surface area is 101 Å². The Bertz CT molecular complexity index is 333. The summed E-state index contributed by atoms with van der Waals surface area (Å²) in [5.74, 6) is 2.07. The van der Waals surface area contributed by atoms with Crippen molar-refractivity contribution in [2.24, 2.45) is 5.92 Å². The average molecular weight is 241 g/mol. The Morgan fingerprint density at radius 3 is 2.88 bits per heavy atom. The van der Waals surface area contributed by atoms with Crippen molar-refractivity contribution in [3.05, 3.63) is 11.9 Å². The molecule has 0 amide bonds. The summed E-state index contributed by atoms with van der Waals surface area (Å²) in [6.45, 7) is 7.16. The van der Waals surface area contributed by atoms with Gasteiger partial charge < -0.3 is 10.4 Å². The van der Waals surface area contributed by atoms with E-state index in [9.17, 15) is 0 Å². The highest BCUT2D eigenvalue weighted by Crippen LogP contribution is 2.25. The highest BCUT2D eigenvalue weighted by molar-refractivity contribution is 7.99. The van der Waals surface area contributed by atoms with Crippen molar-refractivity contribution in [2.45, 2.75) is 25.8 Å². The number of aliphatic hydroxyl groups is 1. The lowest BCUT2D eigenvalue weighted by Gasteiger charge is -2.11. The van der Waals surface area contributed by atoms with Crippen molar-refractivity contribution >= 4 is 17.6 Å². The normalized spacial score (nSPS) is 12.5. The van der Waals surface area contributed by atoms with E-state index >= 15 is 0 Å². The molecule has 0 spiro atoms. The van der Waals surface area contributed by atoms with E-state index in [1.54, 1.807) is 18.1 Å². The molecule has 1 rings (SSSR count). The van der Waals surface area contributed by atoms with E-state index in [1.165, 1.54) is 0 Å². The zero-order chi connectivity index (χ0) is 12.0. The van der Waals surface area contributed by atoms with Gasteiger partial charge in [0.15, 0.2) is 0 Å². The van der Waals surface area contributed by atoms with Gasteiger partial charge in [-0.05, 0) is 19.8 Å². The number of thioether (sulfide) groups is 1. The SMILES string of the molecule is CCNc1ncnc(SCC(C)CO)c1C. The number of hydrogen-bond donors (Lipinski definition) is 2. The van der Waals surface area contributed by atoms with Crippen LogP contribution in [0.15, 0.2) is 11.4 Å². The third kappa shape index (κ3) is 3.64. The molecule has 1 aromatic heterocycles. The van der Waals surface area contributed by atoms with E-state index in [0.717, 1.165) is 28.7 Å². The lowest BCUT2D eigenvalue weighted by Crippen LogP contribution is -2.06. The second-order valence-corrected chi connectivity index (χ2v) is 4.79. The maximum Gasteiger partial charge on any atom is 0.133 e. The molecule has 0 aliphatic heterocycles. The van der Waals surface area contributed by atoms with E-state index in [2.05, 4.69) is 15.3 Å². The van der Waals surface area contributed by atoms with Gasteiger partial charge in [0.05, 0.1) is 0 Å². The molecule has 90 valence electrons. The first kappa shape index (κ1) is 13.3. The van der Waals surface area contributed by atoms with Crippen LogP contribution < -0.4 is 5.32 Å². The number of nitrogens with one attached hydrogen (secondary N) is 1. The third-order valence-electron chi connectivity index (χ3n) is 2.20. The van der Waals surface area contributed by atoms with Gasteiger partial charge >= 0.3 is 0 Å². The molecule has 1 atom stereocenters. The molecule has 0 aliphatic rings. The first-order chi connectivity index (χ1) is 7.69. The fourth-order valence-electron chi connectivity index (χ4n) is 1.20. The molecule has 5 heteroatoms. The van der Waals surface area contributed by atoms with Gasteiger partial charge in [-0.15, -0.1) is 11.8 Å². The molecular weight excluding hydrogens is 222 g/mol. The maximum absolute atomic E-state index is 8.96. The van der Waals surface area contributed by atoms with E-state index in [1.807, 2.05) is 20.8 Å². The highest BCUT2D eigenvalue weighted by Gasteiger charge is 2.08. The minimum Gasteiger partial charge on any atom is -0.396 e. The van der Waals surface area contributed by atoms with Gasteiger partial charge in [0, 0.05) is 24.5 Å². The van der Waals surface area contributed by atoms with Gasteiger partial charge in [0.1, 0.15) is 17.2 Å². The van der Waals surface area contributed by atoms with Crippen LogP contribution in [-0.2, 0) is 0 Å². The fraction of sp³-hybridized carbons (Fsp3) is 0.636. The first-order valence-electron chi connectivity index (χ1n) is 5.48. The maximum atomic E-state index is 8.96. The second kappa shape index (κ2) is 6.70. The van der Waals surface area contributed by atoms with Gasteiger partial charge in [-0.25, -0.2) is 9.97 Å². The summed E-state index contributed by atoms with van der Waals surface area (Å²) in [6.07, 6.45) is 1.58. The first-order valence-corrected chi connectivity index (χ1v) is 6.46. The molecule has 0 radical (unpaired) electrons. The Morgan fingerprint density at radius 1 is 1.50 bits per heavy atom.